The minimum Gasteiger partial charge on any atom is -0.497 e. The molecule has 5 nitrogen and oxygen atoms in total. The van der Waals surface area contributed by atoms with Crippen LogP contribution in [-0.4, -0.2) is 35.2 Å². The zero-order valence-corrected chi connectivity index (χ0v) is 13.8. The minimum absolute atomic E-state index is 0.192. The number of hydrogen-bond donors (Lipinski definition) is 1. The first-order valence-electron chi connectivity index (χ1n) is 7.59. The molecule has 0 aliphatic heterocycles. The monoisotopic (exact) mass is 318 g/mol. The summed E-state index contributed by atoms with van der Waals surface area (Å²) in [7, 11) is 1.52. The molecule has 1 aliphatic rings. The van der Waals surface area contributed by atoms with E-state index in [1.54, 1.807) is 24.3 Å². The molecule has 0 spiro atoms. The van der Waals surface area contributed by atoms with E-state index < -0.39 is 23.4 Å². The number of methoxy groups -OCH3 is 1. The van der Waals surface area contributed by atoms with E-state index in [1.807, 2.05) is 0 Å². The van der Waals surface area contributed by atoms with Crippen LogP contribution in [-0.2, 0) is 14.4 Å². The average Bonchev–Trinajstić information content (AvgIpc) is 2.44. The van der Waals surface area contributed by atoms with Crippen LogP contribution < -0.4 is 4.74 Å². The summed E-state index contributed by atoms with van der Waals surface area (Å²) >= 11 is 0. The van der Waals surface area contributed by atoms with Crippen molar-refractivity contribution < 1.29 is 24.2 Å². The maximum Gasteiger partial charge on any atom is 0.146 e. The summed E-state index contributed by atoms with van der Waals surface area (Å²) in [4.78, 5) is 36.7. The van der Waals surface area contributed by atoms with Gasteiger partial charge in [0.1, 0.15) is 23.1 Å². The van der Waals surface area contributed by atoms with Crippen LogP contribution >= 0.6 is 0 Å². The van der Waals surface area contributed by atoms with E-state index in [2.05, 4.69) is 0 Å². The van der Waals surface area contributed by atoms with Crippen LogP contribution in [0.25, 0.3) is 0 Å². The minimum atomic E-state index is -1.47. The van der Waals surface area contributed by atoms with Gasteiger partial charge in [-0.25, -0.2) is 0 Å². The number of aliphatic hydroxyl groups is 1. The summed E-state index contributed by atoms with van der Waals surface area (Å²) in [6.07, 6.45) is -0.192. The Morgan fingerprint density at radius 3 is 2.43 bits per heavy atom. The van der Waals surface area contributed by atoms with Crippen molar-refractivity contribution >= 4 is 17.3 Å². The summed E-state index contributed by atoms with van der Waals surface area (Å²) in [6.45, 7) is 4.23. The van der Waals surface area contributed by atoms with Gasteiger partial charge in [0, 0.05) is 12.3 Å². The van der Waals surface area contributed by atoms with Crippen molar-refractivity contribution in [2.75, 3.05) is 7.11 Å². The number of benzene rings is 1. The highest BCUT2D eigenvalue weighted by Crippen LogP contribution is 2.46. The summed E-state index contributed by atoms with van der Waals surface area (Å²) < 4.78 is 5.20. The molecule has 1 fully saturated rings. The van der Waals surface area contributed by atoms with E-state index in [9.17, 15) is 19.5 Å². The largest absolute Gasteiger partial charge is 0.497 e. The Morgan fingerprint density at radius 1 is 1.26 bits per heavy atom. The van der Waals surface area contributed by atoms with E-state index in [0.29, 0.717) is 11.3 Å². The Bertz CT molecular complexity index is 647. The molecule has 1 saturated carbocycles. The third-order valence-corrected chi connectivity index (χ3v) is 4.62. The Balaban J connectivity index is 2.64. The first kappa shape index (κ1) is 17.3. The van der Waals surface area contributed by atoms with Crippen LogP contribution in [0.2, 0.25) is 0 Å². The molecule has 1 N–H and O–H groups in total. The fourth-order valence-electron chi connectivity index (χ4n) is 3.76. The first-order valence-corrected chi connectivity index (χ1v) is 7.59. The van der Waals surface area contributed by atoms with Crippen LogP contribution in [0.4, 0.5) is 0 Å². The lowest BCUT2D eigenvalue weighted by molar-refractivity contribution is -0.151. The molecular formula is C18H22O5. The standard InChI is InChI=1S/C18H22O5/c1-10(19)15-14(21)9-18(3,22)17(11(2)20)16(15)12-6-5-7-13(8-12)23-4/h5-8,15-17,22H,9H2,1-4H3/t15-,16-,17-,18-/m0/s1. The van der Waals surface area contributed by atoms with E-state index in [4.69, 9.17) is 4.74 Å². The van der Waals surface area contributed by atoms with Gasteiger partial charge >= 0.3 is 0 Å². The van der Waals surface area contributed by atoms with Gasteiger partial charge in [-0.05, 0) is 38.5 Å². The number of carbonyl (C=O) groups excluding carboxylic acids is 3. The van der Waals surface area contributed by atoms with Crippen molar-refractivity contribution in [1.29, 1.82) is 0 Å². The normalized spacial score (nSPS) is 30.8. The number of ether oxygens (including phenoxy) is 1. The molecular weight excluding hydrogens is 296 g/mol. The fraction of sp³-hybridized carbons (Fsp3) is 0.500. The predicted molar refractivity (Wildman–Crippen MR) is 84.3 cm³/mol. The topological polar surface area (TPSA) is 80.7 Å². The van der Waals surface area contributed by atoms with E-state index in [1.165, 1.54) is 27.9 Å². The molecule has 4 atom stereocenters. The van der Waals surface area contributed by atoms with Gasteiger partial charge in [0.05, 0.1) is 24.5 Å². The highest BCUT2D eigenvalue weighted by atomic mass is 16.5. The van der Waals surface area contributed by atoms with Crippen LogP contribution in [0.3, 0.4) is 0 Å². The molecule has 0 bridgehead atoms. The van der Waals surface area contributed by atoms with E-state index in [0.717, 1.165) is 0 Å². The van der Waals surface area contributed by atoms with Crippen molar-refractivity contribution in [1.82, 2.24) is 0 Å². The van der Waals surface area contributed by atoms with Gasteiger partial charge in [-0.2, -0.15) is 0 Å². The van der Waals surface area contributed by atoms with Crippen molar-refractivity contribution in [3.05, 3.63) is 29.8 Å². The van der Waals surface area contributed by atoms with Crippen molar-refractivity contribution in [2.24, 2.45) is 11.8 Å². The van der Waals surface area contributed by atoms with E-state index in [-0.39, 0.29) is 23.8 Å². The van der Waals surface area contributed by atoms with Crippen LogP contribution in [0.15, 0.2) is 24.3 Å². The maximum absolute atomic E-state index is 12.4. The predicted octanol–water partition coefficient (Wildman–Crippen LogP) is 1.91. The number of ketones is 3. The van der Waals surface area contributed by atoms with Gasteiger partial charge in [0.15, 0.2) is 0 Å². The van der Waals surface area contributed by atoms with Gasteiger partial charge in [0.25, 0.3) is 0 Å². The summed E-state index contributed by atoms with van der Waals surface area (Å²) in [5, 5.41) is 10.6. The molecule has 0 aromatic heterocycles. The first-order chi connectivity index (χ1) is 10.7. The molecule has 0 heterocycles. The van der Waals surface area contributed by atoms with Crippen molar-refractivity contribution in [2.45, 2.75) is 38.7 Å². The summed E-state index contributed by atoms with van der Waals surface area (Å²) in [5.74, 6) is -2.70. The number of hydrogen-bond acceptors (Lipinski definition) is 5. The molecule has 1 aromatic carbocycles. The lowest BCUT2D eigenvalue weighted by Crippen LogP contribution is -2.53. The molecule has 5 heteroatoms. The third-order valence-electron chi connectivity index (χ3n) is 4.62. The Hall–Kier alpha value is -2.01. The third kappa shape index (κ3) is 3.20. The molecule has 124 valence electrons. The summed E-state index contributed by atoms with van der Waals surface area (Å²) in [5.41, 5.74) is -0.819. The zero-order chi connectivity index (χ0) is 17.4. The Morgan fingerprint density at radius 2 is 1.91 bits per heavy atom. The highest BCUT2D eigenvalue weighted by molar-refractivity contribution is 6.05. The van der Waals surface area contributed by atoms with Crippen LogP contribution in [0.1, 0.15) is 38.7 Å². The highest BCUT2D eigenvalue weighted by Gasteiger charge is 2.53. The molecule has 0 radical (unpaired) electrons. The van der Waals surface area contributed by atoms with Gasteiger partial charge in [-0.1, -0.05) is 12.1 Å². The fourth-order valence-corrected chi connectivity index (χ4v) is 3.76. The van der Waals surface area contributed by atoms with Crippen molar-refractivity contribution in [3.63, 3.8) is 0 Å². The smallest absolute Gasteiger partial charge is 0.146 e. The molecule has 2 rings (SSSR count). The van der Waals surface area contributed by atoms with Gasteiger partial charge in [-0.15, -0.1) is 0 Å². The zero-order valence-electron chi connectivity index (χ0n) is 13.8. The Labute approximate surface area is 135 Å². The molecule has 0 amide bonds. The van der Waals surface area contributed by atoms with Gasteiger partial charge < -0.3 is 9.84 Å². The molecule has 1 aliphatic carbocycles. The second-order valence-electron chi connectivity index (χ2n) is 6.48. The lowest BCUT2D eigenvalue weighted by atomic mass is 9.60. The molecule has 0 saturated heterocycles. The molecule has 0 unspecified atom stereocenters. The second kappa shape index (κ2) is 6.24. The van der Waals surface area contributed by atoms with Gasteiger partial charge in [-0.3, -0.25) is 14.4 Å². The molecule has 1 aromatic rings. The van der Waals surface area contributed by atoms with Crippen LogP contribution in [0.5, 0.6) is 5.75 Å². The number of Topliss-reactive ketones (excluding diaryl/α,β-unsaturated/α-hetero) is 3. The van der Waals surface area contributed by atoms with E-state index >= 15 is 0 Å². The van der Waals surface area contributed by atoms with Crippen LogP contribution in [0, 0.1) is 11.8 Å². The average molecular weight is 318 g/mol. The second-order valence-corrected chi connectivity index (χ2v) is 6.48. The summed E-state index contributed by atoms with van der Waals surface area (Å²) in [6, 6.07) is 6.97. The SMILES string of the molecule is COc1cccc([C@H]2[C@@H](C(C)=O)C(=O)C[C@](C)(O)[C@H]2C(C)=O)c1. The van der Waals surface area contributed by atoms with Crippen molar-refractivity contribution in [3.8, 4) is 5.75 Å². The van der Waals surface area contributed by atoms with Gasteiger partial charge in [0.2, 0.25) is 0 Å². The maximum atomic E-state index is 12.4. The number of carbonyl (C=O) groups is 3. The quantitative estimate of drug-likeness (QED) is 0.858. The Kier molecular flexibility index (Phi) is 4.71. The lowest BCUT2D eigenvalue weighted by Gasteiger charge is -2.44. The molecule has 23 heavy (non-hydrogen) atoms. The number of rotatable bonds is 4.